The molecule has 0 atom stereocenters. The lowest BCUT2D eigenvalue weighted by molar-refractivity contribution is -0.116. The maximum atomic E-state index is 13.3. The van der Waals surface area contributed by atoms with E-state index in [9.17, 15) is 13.6 Å². The monoisotopic (exact) mass is 424 g/mol. The van der Waals surface area contributed by atoms with Gasteiger partial charge in [0, 0.05) is 35.0 Å². The minimum Gasteiger partial charge on any atom is -0.381 e. The van der Waals surface area contributed by atoms with E-state index in [1.807, 2.05) is 24.3 Å². The van der Waals surface area contributed by atoms with E-state index in [1.165, 1.54) is 0 Å². The van der Waals surface area contributed by atoms with E-state index in [1.54, 1.807) is 0 Å². The molecule has 1 aliphatic rings. The maximum absolute atomic E-state index is 13.3. The molecule has 0 unspecified atom stereocenters. The van der Waals surface area contributed by atoms with Gasteiger partial charge in [0.15, 0.2) is 0 Å². The van der Waals surface area contributed by atoms with Gasteiger partial charge in [0.1, 0.15) is 11.6 Å². The van der Waals surface area contributed by atoms with Crippen LogP contribution in [-0.4, -0.2) is 25.7 Å². The SMILES string of the molecule is O=C(CNC1(c2cccc(Br)c2)CCOCC1)Nc1cc(F)cc(F)c1. The van der Waals surface area contributed by atoms with Gasteiger partial charge in [-0.05, 0) is 42.7 Å². The summed E-state index contributed by atoms with van der Waals surface area (Å²) < 4.78 is 32.9. The third-order valence-corrected chi connectivity index (χ3v) is 4.95. The van der Waals surface area contributed by atoms with E-state index < -0.39 is 11.6 Å². The summed E-state index contributed by atoms with van der Waals surface area (Å²) in [6, 6.07) is 10.9. The van der Waals surface area contributed by atoms with E-state index in [2.05, 4.69) is 26.6 Å². The Hall–Kier alpha value is -1.83. The highest BCUT2D eigenvalue weighted by Crippen LogP contribution is 2.33. The minimum absolute atomic E-state index is 0.0185. The summed E-state index contributed by atoms with van der Waals surface area (Å²) in [6.07, 6.45) is 1.46. The van der Waals surface area contributed by atoms with Crippen molar-refractivity contribution in [2.24, 2.45) is 0 Å². The first-order valence-corrected chi connectivity index (χ1v) is 9.11. The predicted octanol–water partition coefficient (Wildman–Crippen LogP) is 3.96. The van der Waals surface area contributed by atoms with Crippen molar-refractivity contribution in [2.75, 3.05) is 25.1 Å². The summed E-state index contributed by atoms with van der Waals surface area (Å²) >= 11 is 3.48. The van der Waals surface area contributed by atoms with E-state index >= 15 is 0 Å². The minimum atomic E-state index is -0.733. The van der Waals surface area contributed by atoms with Crippen LogP contribution in [0.3, 0.4) is 0 Å². The molecule has 1 amide bonds. The van der Waals surface area contributed by atoms with Crippen LogP contribution in [0, 0.1) is 11.6 Å². The molecular weight excluding hydrogens is 406 g/mol. The molecule has 2 N–H and O–H groups in total. The van der Waals surface area contributed by atoms with Gasteiger partial charge in [-0.15, -0.1) is 0 Å². The topological polar surface area (TPSA) is 50.4 Å². The second-order valence-corrected chi connectivity index (χ2v) is 7.18. The molecule has 1 heterocycles. The fourth-order valence-electron chi connectivity index (χ4n) is 3.15. The number of hydrogen-bond donors (Lipinski definition) is 2. The second kappa shape index (κ2) is 8.24. The summed E-state index contributed by atoms with van der Waals surface area (Å²) in [7, 11) is 0. The fraction of sp³-hybridized carbons (Fsp3) is 0.316. The highest BCUT2D eigenvalue weighted by Gasteiger charge is 2.34. The van der Waals surface area contributed by atoms with Crippen LogP contribution in [0.25, 0.3) is 0 Å². The van der Waals surface area contributed by atoms with Crippen molar-refractivity contribution in [1.29, 1.82) is 0 Å². The molecule has 0 saturated carbocycles. The Morgan fingerprint density at radius 2 is 1.81 bits per heavy atom. The summed E-state index contributed by atoms with van der Waals surface area (Å²) in [5, 5.41) is 5.85. The number of anilines is 1. The zero-order valence-corrected chi connectivity index (χ0v) is 15.6. The molecule has 2 aromatic carbocycles. The molecule has 1 aliphatic heterocycles. The summed E-state index contributed by atoms with van der Waals surface area (Å²) in [6.45, 7) is 1.21. The first kappa shape index (κ1) is 18.9. The summed E-state index contributed by atoms with van der Waals surface area (Å²) in [5.41, 5.74) is 0.782. The smallest absolute Gasteiger partial charge is 0.238 e. The largest absolute Gasteiger partial charge is 0.381 e. The zero-order valence-electron chi connectivity index (χ0n) is 14.0. The molecule has 7 heteroatoms. The van der Waals surface area contributed by atoms with E-state index in [4.69, 9.17) is 4.74 Å². The normalized spacial score (nSPS) is 16.3. The van der Waals surface area contributed by atoms with Crippen molar-refractivity contribution in [3.05, 3.63) is 64.1 Å². The lowest BCUT2D eigenvalue weighted by atomic mass is 9.82. The first-order valence-electron chi connectivity index (χ1n) is 8.32. The number of carbonyl (C=O) groups excluding carboxylic acids is 1. The quantitative estimate of drug-likeness (QED) is 0.763. The van der Waals surface area contributed by atoms with Gasteiger partial charge in [-0.1, -0.05) is 28.1 Å². The van der Waals surface area contributed by atoms with Crippen LogP contribution in [0.5, 0.6) is 0 Å². The van der Waals surface area contributed by atoms with Crippen molar-refractivity contribution in [3.63, 3.8) is 0 Å². The highest BCUT2D eigenvalue weighted by atomic mass is 79.9. The molecule has 26 heavy (non-hydrogen) atoms. The zero-order chi connectivity index (χ0) is 18.6. The molecule has 1 fully saturated rings. The molecule has 0 aliphatic carbocycles. The van der Waals surface area contributed by atoms with Crippen LogP contribution in [-0.2, 0) is 15.1 Å². The predicted molar refractivity (Wildman–Crippen MR) is 98.9 cm³/mol. The van der Waals surface area contributed by atoms with E-state index in [0.717, 1.165) is 41.1 Å². The van der Waals surface area contributed by atoms with Gasteiger partial charge < -0.3 is 10.1 Å². The average Bonchev–Trinajstić information content (AvgIpc) is 2.60. The molecule has 3 rings (SSSR count). The lowest BCUT2D eigenvalue weighted by Crippen LogP contribution is -2.49. The van der Waals surface area contributed by atoms with Crippen molar-refractivity contribution in [1.82, 2.24) is 5.32 Å². The van der Waals surface area contributed by atoms with Gasteiger partial charge in [0.2, 0.25) is 5.91 Å². The van der Waals surface area contributed by atoms with Crippen molar-refractivity contribution < 1.29 is 18.3 Å². The van der Waals surface area contributed by atoms with Crippen LogP contribution < -0.4 is 10.6 Å². The number of amides is 1. The molecule has 0 aromatic heterocycles. The Morgan fingerprint density at radius 3 is 2.46 bits per heavy atom. The van der Waals surface area contributed by atoms with Gasteiger partial charge in [0.05, 0.1) is 6.54 Å². The summed E-state index contributed by atoms with van der Waals surface area (Å²) in [4.78, 5) is 12.3. The molecule has 1 saturated heterocycles. The Labute approximate surface area is 159 Å². The van der Waals surface area contributed by atoms with Crippen LogP contribution >= 0.6 is 15.9 Å². The second-order valence-electron chi connectivity index (χ2n) is 6.26. The Morgan fingerprint density at radius 1 is 1.12 bits per heavy atom. The van der Waals surface area contributed by atoms with Crippen molar-refractivity contribution in [3.8, 4) is 0 Å². The number of carbonyl (C=O) groups is 1. The van der Waals surface area contributed by atoms with Crippen LogP contribution in [0.2, 0.25) is 0 Å². The maximum Gasteiger partial charge on any atom is 0.238 e. The van der Waals surface area contributed by atoms with E-state index in [0.29, 0.717) is 13.2 Å². The van der Waals surface area contributed by atoms with E-state index in [-0.39, 0.29) is 23.7 Å². The Kier molecular flexibility index (Phi) is 6.01. The molecular formula is C19H19BrF2N2O2. The number of rotatable bonds is 5. The third-order valence-electron chi connectivity index (χ3n) is 4.46. The standard InChI is InChI=1S/C19H19BrF2N2O2/c20-14-3-1-2-13(8-14)19(4-6-26-7-5-19)23-12-18(25)24-17-10-15(21)9-16(22)11-17/h1-3,8-11,23H,4-7,12H2,(H,24,25). The van der Waals surface area contributed by atoms with Gasteiger partial charge >= 0.3 is 0 Å². The number of nitrogens with one attached hydrogen (secondary N) is 2. The molecule has 2 aromatic rings. The number of hydrogen-bond acceptors (Lipinski definition) is 3. The van der Waals surface area contributed by atoms with Gasteiger partial charge in [-0.3, -0.25) is 10.1 Å². The summed E-state index contributed by atoms with van der Waals surface area (Å²) in [5.74, 6) is -1.83. The third kappa shape index (κ3) is 4.66. The number of halogens is 3. The average molecular weight is 425 g/mol. The van der Waals surface area contributed by atoms with Gasteiger partial charge in [-0.25, -0.2) is 8.78 Å². The Bertz CT molecular complexity index is 775. The Balaban J connectivity index is 1.70. The molecule has 0 radical (unpaired) electrons. The molecule has 0 bridgehead atoms. The first-order chi connectivity index (χ1) is 12.5. The van der Waals surface area contributed by atoms with Gasteiger partial charge in [0.25, 0.3) is 0 Å². The van der Waals surface area contributed by atoms with Gasteiger partial charge in [-0.2, -0.15) is 0 Å². The molecule has 0 spiro atoms. The number of ether oxygens (including phenoxy) is 1. The number of benzene rings is 2. The molecule has 4 nitrogen and oxygen atoms in total. The highest BCUT2D eigenvalue weighted by molar-refractivity contribution is 9.10. The van der Waals surface area contributed by atoms with Crippen molar-refractivity contribution in [2.45, 2.75) is 18.4 Å². The molecule has 138 valence electrons. The lowest BCUT2D eigenvalue weighted by Gasteiger charge is -2.38. The van der Waals surface area contributed by atoms with Crippen LogP contribution in [0.4, 0.5) is 14.5 Å². The fourth-order valence-corrected chi connectivity index (χ4v) is 3.55. The van der Waals surface area contributed by atoms with Crippen LogP contribution in [0.1, 0.15) is 18.4 Å². The van der Waals surface area contributed by atoms with Crippen molar-refractivity contribution >= 4 is 27.5 Å². The van der Waals surface area contributed by atoms with Crippen LogP contribution in [0.15, 0.2) is 46.9 Å².